The lowest BCUT2D eigenvalue weighted by atomic mass is 10.1. The Kier molecular flexibility index (Phi) is 5.42. The van der Waals surface area contributed by atoms with E-state index in [2.05, 4.69) is 12.2 Å². The number of carbonyl (C=O) groups is 1. The zero-order valence-electron chi connectivity index (χ0n) is 13.2. The van der Waals surface area contributed by atoms with E-state index in [1.54, 1.807) is 31.4 Å². The number of aryl methyl sites for hydroxylation is 2. The van der Waals surface area contributed by atoms with Crippen LogP contribution in [0.25, 0.3) is 0 Å². The first kappa shape index (κ1) is 15.9. The van der Waals surface area contributed by atoms with Crippen LogP contribution in [0.2, 0.25) is 0 Å². The van der Waals surface area contributed by atoms with E-state index in [9.17, 15) is 4.79 Å². The molecule has 0 spiro atoms. The molecule has 0 aliphatic carbocycles. The molecule has 0 bridgehead atoms. The van der Waals surface area contributed by atoms with E-state index in [-0.39, 0.29) is 5.91 Å². The predicted molar refractivity (Wildman–Crippen MR) is 86.7 cm³/mol. The van der Waals surface area contributed by atoms with Crippen molar-refractivity contribution in [2.24, 2.45) is 0 Å². The molecule has 1 amide bonds. The van der Waals surface area contributed by atoms with Crippen LogP contribution < -0.4 is 14.8 Å². The Balaban J connectivity index is 1.77. The number of nitrogens with one attached hydrogen (secondary N) is 1. The van der Waals surface area contributed by atoms with Gasteiger partial charge in [0.1, 0.15) is 18.1 Å². The van der Waals surface area contributed by atoms with Gasteiger partial charge in [0.15, 0.2) is 0 Å². The molecule has 0 unspecified atom stereocenters. The fraction of sp³-hybridized carbons (Fsp3) is 0.278. The van der Waals surface area contributed by atoms with Gasteiger partial charge in [-0.3, -0.25) is 4.79 Å². The molecule has 0 heterocycles. The first-order chi connectivity index (χ1) is 10.6. The summed E-state index contributed by atoms with van der Waals surface area (Å²) in [7, 11) is 1.60. The molecule has 0 saturated heterocycles. The van der Waals surface area contributed by atoms with E-state index >= 15 is 0 Å². The summed E-state index contributed by atoms with van der Waals surface area (Å²) in [4.78, 5) is 11.9. The molecule has 2 rings (SSSR count). The highest BCUT2D eigenvalue weighted by atomic mass is 16.5. The first-order valence-corrected chi connectivity index (χ1v) is 7.22. The van der Waals surface area contributed by atoms with E-state index in [1.807, 2.05) is 25.1 Å². The van der Waals surface area contributed by atoms with Gasteiger partial charge < -0.3 is 14.8 Å². The van der Waals surface area contributed by atoms with Gasteiger partial charge in [0.05, 0.1) is 13.7 Å². The van der Waals surface area contributed by atoms with E-state index in [4.69, 9.17) is 9.47 Å². The Morgan fingerprint density at radius 3 is 2.32 bits per heavy atom. The van der Waals surface area contributed by atoms with Crippen LogP contribution in [0, 0.1) is 13.8 Å². The second-order valence-electron chi connectivity index (χ2n) is 5.08. The van der Waals surface area contributed by atoms with Crippen molar-refractivity contribution >= 4 is 5.91 Å². The number of hydrogen-bond donors (Lipinski definition) is 1. The third-order valence-corrected chi connectivity index (χ3v) is 3.49. The summed E-state index contributed by atoms with van der Waals surface area (Å²) in [5.41, 5.74) is 3.03. The quantitative estimate of drug-likeness (QED) is 0.834. The Hall–Kier alpha value is -2.49. The lowest BCUT2D eigenvalue weighted by Crippen LogP contribution is -2.28. The van der Waals surface area contributed by atoms with Gasteiger partial charge in [-0.1, -0.05) is 6.07 Å². The van der Waals surface area contributed by atoms with Crippen LogP contribution in [-0.2, 0) is 0 Å². The maximum absolute atomic E-state index is 11.9. The average molecular weight is 299 g/mol. The van der Waals surface area contributed by atoms with Crippen LogP contribution in [0.5, 0.6) is 11.5 Å². The van der Waals surface area contributed by atoms with Crippen molar-refractivity contribution in [3.8, 4) is 11.5 Å². The van der Waals surface area contributed by atoms with Gasteiger partial charge in [-0.15, -0.1) is 0 Å². The third kappa shape index (κ3) is 4.25. The molecule has 2 aromatic carbocycles. The van der Waals surface area contributed by atoms with Crippen LogP contribution in [0.1, 0.15) is 21.5 Å². The minimum atomic E-state index is -0.119. The van der Waals surface area contributed by atoms with Crippen molar-refractivity contribution in [2.45, 2.75) is 13.8 Å². The van der Waals surface area contributed by atoms with Gasteiger partial charge >= 0.3 is 0 Å². The normalized spacial score (nSPS) is 10.1. The molecule has 4 heteroatoms. The molecule has 0 aliphatic heterocycles. The molecule has 116 valence electrons. The standard InChI is InChI=1S/C18H21NO3/c1-13-4-7-17(12-14(13)2)22-11-10-19-18(20)15-5-8-16(21-3)9-6-15/h4-9,12H,10-11H2,1-3H3,(H,19,20). The first-order valence-electron chi connectivity index (χ1n) is 7.22. The largest absolute Gasteiger partial charge is 0.497 e. The Morgan fingerprint density at radius 2 is 1.68 bits per heavy atom. The number of benzene rings is 2. The number of ether oxygens (including phenoxy) is 2. The molecule has 0 fully saturated rings. The smallest absolute Gasteiger partial charge is 0.251 e. The van der Waals surface area contributed by atoms with Crippen molar-refractivity contribution < 1.29 is 14.3 Å². The molecule has 4 nitrogen and oxygen atoms in total. The second-order valence-corrected chi connectivity index (χ2v) is 5.08. The van der Waals surface area contributed by atoms with Gasteiger partial charge in [0.25, 0.3) is 5.91 Å². The zero-order valence-corrected chi connectivity index (χ0v) is 13.2. The van der Waals surface area contributed by atoms with Crippen molar-refractivity contribution in [2.75, 3.05) is 20.3 Å². The van der Waals surface area contributed by atoms with E-state index in [0.29, 0.717) is 18.7 Å². The maximum Gasteiger partial charge on any atom is 0.251 e. The number of carbonyl (C=O) groups excluding carboxylic acids is 1. The number of hydrogen-bond acceptors (Lipinski definition) is 3. The van der Waals surface area contributed by atoms with Crippen molar-refractivity contribution in [1.29, 1.82) is 0 Å². The SMILES string of the molecule is COc1ccc(C(=O)NCCOc2ccc(C)c(C)c2)cc1. The summed E-state index contributed by atoms with van der Waals surface area (Å²) >= 11 is 0. The lowest BCUT2D eigenvalue weighted by Gasteiger charge is -2.09. The highest BCUT2D eigenvalue weighted by molar-refractivity contribution is 5.94. The predicted octanol–water partition coefficient (Wildman–Crippen LogP) is 3.12. The minimum absolute atomic E-state index is 0.119. The average Bonchev–Trinajstić information content (AvgIpc) is 2.54. The molecular weight excluding hydrogens is 278 g/mol. The molecule has 0 radical (unpaired) electrons. The van der Waals surface area contributed by atoms with E-state index in [0.717, 1.165) is 11.5 Å². The molecule has 0 aliphatic rings. The van der Waals surface area contributed by atoms with Crippen LogP contribution in [0.4, 0.5) is 0 Å². The van der Waals surface area contributed by atoms with Gasteiger partial charge in [-0.05, 0) is 61.4 Å². The molecule has 0 saturated carbocycles. The maximum atomic E-state index is 11.9. The monoisotopic (exact) mass is 299 g/mol. The Labute approximate surface area is 131 Å². The van der Waals surface area contributed by atoms with Crippen molar-refractivity contribution in [3.63, 3.8) is 0 Å². The summed E-state index contributed by atoms with van der Waals surface area (Å²) in [5.74, 6) is 1.43. The highest BCUT2D eigenvalue weighted by Gasteiger charge is 2.05. The number of amides is 1. The van der Waals surface area contributed by atoms with Gasteiger partial charge in [-0.25, -0.2) is 0 Å². The molecule has 2 aromatic rings. The molecular formula is C18H21NO3. The number of methoxy groups -OCH3 is 1. The summed E-state index contributed by atoms with van der Waals surface area (Å²) in [6, 6.07) is 13.0. The van der Waals surface area contributed by atoms with Crippen molar-refractivity contribution in [1.82, 2.24) is 5.32 Å². The number of rotatable bonds is 6. The molecule has 0 atom stereocenters. The fourth-order valence-electron chi connectivity index (χ4n) is 1.98. The summed E-state index contributed by atoms with van der Waals surface area (Å²) in [6.07, 6.45) is 0. The van der Waals surface area contributed by atoms with E-state index < -0.39 is 0 Å². The summed E-state index contributed by atoms with van der Waals surface area (Å²) in [6.45, 7) is 5.00. The second kappa shape index (κ2) is 7.50. The van der Waals surface area contributed by atoms with Gasteiger partial charge in [0.2, 0.25) is 0 Å². The molecule has 22 heavy (non-hydrogen) atoms. The van der Waals surface area contributed by atoms with Crippen LogP contribution in [-0.4, -0.2) is 26.2 Å². The molecule has 0 aromatic heterocycles. The highest BCUT2D eigenvalue weighted by Crippen LogP contribution is 2.16. The third-order valence-electron chi connectivity index (χ3n) is 3.49. The Bertz CT molecular complexity index is 635. The lowest BCUT2D eigenvalue weighted by molar-refractivity contribution is 0.0947. The Morgan fingerprint density at radius 1 is 1.00 bits per heavy atom. The van der Waals surface area contributed by atoms with Crippen LogP contribution in [0.15, 0.2) is 42.5 Å². The van der Waals surface area contributed by atoms with E-state index in [1.165, 1.54) is 11.1 Å². The summed E-state index contributed by atoms with van der Waals surface area (Å²) in [5, 5.41) is 2.83. The fourth-order valence-corrected chi connectivity index (χ4v) is 1.98. The van der Waals surface area contributed by atoms with Crippen molar-refractivity contribution in [3.05, 3.63) is 59.2 Å². The molecule has 1 N–H and O–H groups in total. The van der Waals surface area contributed by atoms with Gasteiger partial charge in [-0.2, -0.15) is 0 Å². The van der Waals surface area contributed by atoms with Gasteiger partial charge in [0, 0.05) is 5.56 Å². The van der Waals surface area contributed by atoms with Crippen LogP contribution >= 0.6 is 0 Å². The van der Waals surface area contributed by atoms with Crippen LogP contribution in [0.3, 0.4) is 0 Å². The zero-order chi connectivity index (χ0) is 15.9. The topological polar surface area (TPSA) is 47.6 Å². The summed E-state index contributed by atoms with van der Waals surface area (Å²) < 4.78 is 10.7. The minimum Gasteiger partial charge on any atom is -0.497 e.